The summed E-state index contributed by atoms with van der Waals surface area (Å²) in [5.74, 6) is 0.247. The monoisotopic (exact) mass is 264 g/mol. The topological polar surface area (TPSA) is 46.3 Å². The largest absolute Gasteiger partial charge is 0.390 e. The Morgan fingerprint density at radius 2 is 2.17 bits per heavy atom. The Kier molecular flexibility index (Phi) is 2.75. The molecule has 3 heterocycles. The van der Waals surface area contributed by atoms with Crippen molar-refractivity contribution in [3.63, 3.8) is 0 Å². The highest BCUT2D eigenvalue weighted by Crippen LogP contribution is 2.49. The number of ketones is 1. The quantitative estimate of drug-likeness (QED) is 0.835. The van der Waals surface area contributed by atoms with Gasteiger partial charge in [0.1, 0.15) is 0 Å². The van der Waals surface area contributed by atoms with Crippen LogP contribution in [0.2, 0.25) is 0 Å². The minimum Gasteiger partial charge on any atom is -0.390 e. The number of nitrogens with two attached hydrogens (primary N) is 1. The minimum atomic E-state index is 0.0308. The number of Topliss-reactive ketones (excluding diaryl/α,β-unsaturated/α-hetero) is 1. The van der Waals surface area contributed by atoms with Gasteiger partial charge in [0, 0.05) is 22.9 Å². The lowest BCUT2D eigenvalue weighted by Gasteiger charge is -2.31. The molecule has 0 aliphatic carbocycles. The molecular weight excluding hydrogens is 244 g/mol. The molecule has 2 atom stereocenters. The lowest BCUT2D eigenvalue weighted by Crippen LogP contribution is -2.34. The fourth-order valence-corrected chi connectivity index (χ4v) is 4.63. The highest BCUT2D eigenvalue weighted by atomic mass is 32.1. The van der Waals surface area contributed by atoms with Gasteiger partial charge in [-0.05, 0) is 31.9 Å². The first-order valence-electron chi connectivity index (χ1n) is 6.68. The molecule has 2 bridgehead atoms. The molecule has 2 aliphatic heterocycles. The zero-order valence-electron chi connectivity index (χ0n) is 11.2. The van der Waals surface area contributed by atoms with E-state index in [1.807, 2.05) is 13.8 Å². The van der Waals surface area contributed by atoms with Gasteiger partial charge in [0.05, 0.1) is 10.6 Å². The molecule has 0 spiro atoms. The second kappa shape index (κ2) is 4.07. The maximum absolute atomic E-state index is 12.3. The fourth-order valence-electron chi connectivity index (χ4n) is 3.34. The molecule has 1 saturated heterocycles. The number of fused-ring (bicyclic) bond motifs is 4. The van der Waals surface area contributed by atoms with Crippen molar-refractivity contribution in [3.05, 3.63) is 16.0 Å². The van der Waals surface area contributed by atoms with Gasteiger partial charge in [0.2, 0.25) is 0 Å². The molecular formula is C14H20N2OS. The molecule has 1 fully saturated rings. The molecule has 0 saturated carbocycles. The van der Waals surface area contributed by atoms with E-state index >= 15 is 0 Å². The molecule has 2 aliphatic rings. The van der Waals surface area contributed by atoms with Crippen LogP contribution in [0.3, 0.4) is 0 Å². The van der Waals surface area contributed by atoms with Crippen molar-refractivity contribution in [2.24, 2.45) is 5.92 Å². The van der Waals surface area contributed by atoms with Gasteiger partial charge in [-0.15, -0.1) is 11.3 Å². The average Bonchev–Trinajstić information content (AvgIpc) is 2.75. The van der Waals surface area contributed by atoms with Crippen LogP contribution < -0.4 is 5.73 Å². The summed E-state index contributed by atoms with van der Waals surface area (Å²) in [6, 6.07) is 1.11. The van der Waals surface area contributed by atoms with Crippen LogP contribution in [-0.2, 0) is 6.42 Å². The standard InChI is InChI=1S/C14H20N2OS/c1-7(2)12(17)11-9-6-8-4-5-10(16(8)3)13(9)18-14(11)15/h7-8,10H,4-6,15H2,1-3H3. The van der Waals surface area contributed by atoms with Gasteiger partial charge >= 0.3 is 0 Å². The molecule has 3 nitrogen and oxygen atoms in total. The summed E-state index contributed by atoms with van der Waals surface area (Å²) in [5, 5.41) is 0.736. The molecule has 0 amide bonds. The van der Waals surface area contributed by atoms with Crippen LogP contribution in [-0.4, -0.2) is 23.8 Å². The number of hydrogen-bond donors (Lipinski definition) is 1. The van der Waals surface area contributed by atoms with Crippen molar-refractivity contribution < 1.29 is 4.79 Å². The lowest BCUT2D eigenvalue weighted by molar-refractivity contribution is 0.0938. The minimum absolute atomic E-state index is 0.0308. The number of carbonyl (C=O) groups is 1. The zero-order valence-corrected chi connectivity index (χ0v) is 12.0. The maximum Gasteiger partial charge on any atom is 0.168 e. The van der Waals surface area contributed by atoms with Crippen molar-refractivity contribution in [1.29, 1.82) is 0 Å². The Balaban J connectivity index is 2.10. The van der Waals surface area contributed by atoms with E-state index in [1.165, 1.54) is 23.3 Å². The molecule has 98 valence electrons. The third kappa shape index (κ3) is 1.55. The van der Waals surface area contributed by atoms with E-state index in [4.69, 9.17) is 5.73 Å². The van der Waals surface area contributed by atoms with E-state index in [0.717, 1.165) is 17.0 Å². The Morgan fingerprint density at radius 1 is 1.44 bits per heavy atom. The third-order valence-corrected chi connectivity index (χ3v) is 5.58. The summed E-state index contributed by atoms with van der Waals surface area (Å²) in [4.78, 5) is 16.1. The summed E-state index contributed by atoms with van der Waals surface area (Å²) in [7, 11) is 2.20. The van der Waals surface area contributed by atoms with Gasteiger partial charge in [-0.2, -0.15) is 0 Å². The van der Waals surface area contributed by atoms with Crippen LogP contribution in [0.25, 0.3) is 0 Å². The highest BCUT2D eigenvalue weighted by molar-refractivity contribution is 7.16. The third-order valence-electron chi connectivity index (χ3n) is 4.42. The summed E-state index contributed by atoms with van der Waals surface area (Å²) in [6.07, 6.45) is 3.46. The molecule has 18 heavy (non-hydrogen) atoms. The van der Waals surface area contributed by atoms with E-state index in [-0.39, 0.29) is 11.7 Å². The van der Waals surface area contributed by atoms with E-state index < -0.39 is 0 Å². The first-order chi connectivity index (χ1) is 8.50. The summed E-state index contributed by atoms with van der Waals surface area (Å²) in [5.41, 5.74) is 8.22. The van der Waals surface area contributed by atoms with Gasteiger partial charge in [-0.3, -0.25) is 9.69 Å². The van der Waals surface area contributed by atoms with Crippen LogP contribution in [0.1, 0.15) is 53.5 Å². The fraction of sp³-hybridized carbons (Fsp3) is 0.643. The van der Waals surface area contributed by atoms with Crippen LogP contribution >= 0.6 is 11.3 Å². The number of nitrogens with zero attached hydrogens (tertiary/aromatic N) is 1. The molecule has 0 radical (unpaired) electrons. The van der Waals surface area contributed by atoms with Crippen molar-refractivity contribution in [3.8, 4) is 0 Å². The Labute approximate surface area is 112 Å². The SMILES string of the molecule is CC(C)C(=O)c1c(N)sc2c1CC1CCC2N1C. The van der Waals surface area contributed by atoms with Gasteiger partial charge in [0.15, 0.2) is 5.78 Å². The molecule has 0 aromatic carbocycles. The van der Waals surface area contributed by atoms with Crippen molar-refractivity contribution in [2.45, 2.75) is 45.2 Å². The molecule has 1 aromatic rings. The number of rotatable bonds is 2. The maximum atomic E-state index is 12.3. The van der Waals surface area contributed by atoms with Crippen LogP contribution in [0, 0.1) is 5.92 Å². The predicted octanol–water partition coefficient (Wildman–Crippen LogP) is 2.86. The molecule has 2 unspecified atom stereocenters. The van der Waals surface area contributed by atoms with Crippen molar-refractivity contribution in [2.75, 3.05) is 12.8 Å². The van der Waals surface area contributed by atoms with Crippen LogP contribution in [0.5, 0.6) is 0 Å². The summed E-state index contributed by atoms with van der Waals surface area (Å²) < 4.78 is 0. The van der Waals surface area contributed by atoms with Crippen molar-refractivity contribution >= 4 is 22.1 Å². The second-order valence-electron chi connectivity index (χ2n) is 5.82. The number of likely N-dealkylation sites (N-methyl/N-ethyl adjacent to an activating group) is 1. The van der Waals surface area contributed by atoms with E-state index in [9.17, 15) is 4.79 Å². The summed E-state index contributed by atoms with van der Waals surface area (Å²) >= 11 is 1.64. The number of thiophene rings is 1. The Hall–Kier alpha value is -0.870. The second-order valence-corrected chi connectivity index (χ2v) is 6.90. The van der Waals surface area contributed by atoms with Gasteiger partial charge in [0.25, 0.3) is 0 Å². The number of carbonyl (C=O) groups excluding carboxylic acids is 1. The zero-order chi connectivity index (χ0) is 13.0. The van der Waals surface area contributed by atoms with Gasteiger partial charge in [-0.1, -0.05) is 13.8 Å². The van der Waals surface area contributed by atoms with Crippen LogP contribution in [0.15, 0.2) is 0 Å². The van der Waals surface area contributed by atoms with Gasteiger partial charge in [-0.25, -0.2) is 0 Å². The Morgan fingerprint density at radius 3 is 2.83 bits per heavy atom. The lowest BCUT2D eigenvalue weighted by atomic mass is 9.92. The van der Waals surface area contributed by atoms with E-state index in [1.54, 1.807) is 11.3 Å². The molecule has 1 aromatic heterocycles. The first-order valence-corrected chi connectivity index (χ1v) is 7.49. The van der Waals surface area contributed by atoms with Gasteiger partial charge < -0.3 is 5.73 Å². The Bertz CT molecular complexity index is 506. The normalized spacial score (nSPS) is 26.7. The highest BCUT2D eigenvalue weighted by Gasteiger charge is 2.41. The van der Waals surface area contributed by atoms with Crippen molar-refractivity contribution in [1.82, 2.24) is 4.90 Å². The summed E-state index contributed by atoms with van der Waals surface area (Å²) in [6.45, 7) is 3.91. The predicted molar refractivity (Wildman–Crippen MR) is 75.1 cm³/mol. The molecule has 2 N–H and O–H groups in total. The molecule has 3 rings (SSSR count). The van der Waals surface area contributed by atoms with Crippen LogP contribution in [0.4, 0.5) is 5.00 Å². The first kappa shape index (κ1) is 12.2. The van der Waals surface area contributed by atoms with E-state index in [0.29, 0.717) is 12.1 Å². The number of nitrogen functional groups attached to an aromatic ring is 1. The molecule has 4 heteroatoms. The smallest absolute Gasteiger partial charge is 0.168 e. The van der Waals surface area contributed by atoms with E-state index in [2.05, 4.69) is 11.9 Å². The average molecular weight is 264 g/mol. The number of hydrogen-bond acceptors (Lipinski definition) is 4. The number of anilines is 1.